The first-order valence-corrected chi connectivity index (χ1v) is 14.1. The zero-order valence-electron chi connectivity index (χ0n) is 25.0. The number of hydrogen-bond donors (Lipinski definition) is 12. The molecule has 0 aliphatic rings. The Bertz CT molecular complexity index is 1040. The van der Waals surface area contributed by atoms with Crippen molar-refractivity contribution in [1.29, 1.82) is 0 Å². The minimum atomic E-state index is -1.70. The molecule has 0 aromatic carbocycles. The van der Waals surface area contributed by atoms with E-state index < -0.39 is 110 Å². The Balaban J connectivity index is 4.89. The highest BCUT2D eigenvalue weighted by atomic mass is 16.4. The minimum absolute atomic E-state index is 0.138. The predicted molar refractivity (Wildman–Crippen MR) is 155 cm³/mol. The molecule has 0 rings (SSSR count). The van der Waals surface area contributed by atoms with Crippen LogP contribution in [0.1, 0.15) is 45.4 Å². The van der Waals surface area contributed by atoms with E-state index in [0.717, 1.165) is 0 Å². The van der Waals surface area contributed by atoms with Crippen LogP contribution in [0, 0.1) is 0 Å². The lowest BCUT2D eigenvalue weighted by atomic mass is 10.1. The van der Waals surface area contributed by atoms with E-state index in [1.165, 1.54) is 0 Å². The van der Waals surface area contributed by atoms with Crippen LogP contribution < -0.4 is 49.1 Å². The second-order valence-electron chi connectivity index (χ2n) is 9.85. The van der Waals surface area contributed by atoms with Gasteiger partial charge in [0.15, 0.2) is 0 Å². The average Bonchev–Trinajstić information content (AvgIpc) is 2.98. The maximum Gasteiger partial charge on any atom is 0.326 e. The third-order valence-corrected chi connectivity index (χ3v) is 6.06. The standard InChI is InChI=1S/C25H45N9O11/c1-2-5-14(32-24(43)17(12-36)34-21(40)13(27)6-3-4-7-26)22(41)30-9-19(38)29-10-20(39)31-16(11-35)23(42)33-15(25(44)45)8-18(28)37/h13-17,35-36H,2-12,26-27H2,1H3,(H2,28,37)(H,29,38)(H,30,41)(H,31,39)(H,32,43)(H,33,42)(H,34,40)(H,44,45)/t13-,14-,15-,16-,17-/m0/s1. The molecule has 0 bridgehead atoms. The third kappa shape index (κ3) is 16.9. The fourth-order valence-electron chi connectivity index (χ4n) is 3.59. The largest absolute Gasteiger partial charge is 0.480 e. The molecule has 5 atom stereocenters. The lowest BCUT2D eigenvalue weighted by molar-refractivity contribution is -0.144. The predicted octanol–water partition coefficient (Wildman–Crippen LogP) is -6.64. The highest BCUT2D eigenvalue weighted by molar-refractivity contribution is 5.95. The summed E-state index contributed by atoms with van der Waals surface area (Å²) >= 11 is 0. The number of nitrogens with two attached hydrogens (primary N) is 3. The lowest BCUT2D eigenvalue weighted by Gasteiger charge is -2.23. The molecule has 0 aliphatic heterocycles. The van der Waals surface area contributed by atoms with Crippen LogP contribution in [0.25, 0.3) is 0 Å². The van der Waals surface area contributed by atoms with Gasteiger partial charge in [0.25, 0.3) is 0 Å². The van der Waals surface area contributed by atoms with Crippen LogP contribution >= 0.6 is 0 Å². The van der Waals surface area contributed by atoms with E-state index in [0.29, 0.717) is 32.2 Å². The zero-order valence-corrected chi connectivity index (χ0v) is 25.0. The van der Waals surface area contributed by atoms with Gasteiger partial charge in [0.05, 0.1) is 38.8 Å². The van der Waals surface area contributed by atoms with E-state index in [2.05, 4.69) is 26.6 Å². The Morgan fingerprint density at radius 1 is 0.667 bits per heavy atom. The second-order valence-corrected chi connectivity index (χ2v) is 9.85. The monoisotopic (exact) mass is 647 g/mol. The molecule has 20 heteroatoms. The number of nitrogens with one attached hydrogen (secondary N) is 6. The van der Waals surface area contributed by atoms with Crippen molar-refractivity contribution in [3.05, 3.63) is 0 Å². The molecule has 0 heterocycles. The molecule has 0 saturated heterocycles. The van der Waals surface area contributed by atoms with Crippen molar-refractivity contribution >= 4 is 47.3 Å². The van der Waals surface area contributed by atoms with Crippen molar-refractivity contribution in [3.63, 3.8) is 0 Å². The van der Waals surface area contributed by atoms with Gasteiger partial charge in [-0.3, -0.25) is 33.6 Å². The summed E-state index contributed by atoms with van der Waals surface area (Å²) in [6.07, 6.45) is 1.40. The van der Waals surface area contributed by atoms with Crippen LogP contribution in [0.3, 0.4) is 0 Å². The fraction of sp³-hybridized carbons (Fsp3) is 0.680. The number of hydrogen-bond acceptors (Lipinski definition) is 12. The van der Waals surface area contributed by atoms with Gasteiger partial charge >= 0.3 is 5.97 Å². The number of carboxylic acid groups (broad SMARTS) is 1. The molecule has 7 amide bonds. The number of carbonyl (C=O) groups excluding carboxylic acids is 7. The molecule has 0 saturated carbocycles. The topological polar surface area (TPSA) is 347 Å². The summed E-state index contributed by atoms with van der Waals surface area (Å²) in [4.78, 5) is 96.2. The molecule has 15 N–H and O–H groups in total. The summed E-state index contributed by atoms with van der Waals surface area (Å²) < 4.78 is 0. The summed E-state index contributed by atoms with van der Waals surface area (Å²) in [7, 11) is 0. The first-order chi connectivity index (χ1) is 21.2. The van der Waals surface area contributed by atoms with Gasteiger partial charge in [-0.1, -0.05) is 19.8 Å². The van der Waals surface area contributed by atoms with Gasteiger partial charge in [-0.05, 0) is 25.8 Å². The summed E-state index contributed by atoms with van der Waals surface area (Å²) in [5.74, 6) is -7.82. The molecular weight excluding hydrogens is 602 g/mol. The molecule has 0 aliphatic carbocycles. The van der Waals surface area contributed by atoms with Crippen molar-refractivity contribution in [3.8, 4) is 0 Å². The summed E-state index contributed by atoms with van der Waals surface area (Å²) in [6.45, 7) is -0.899. The number of primary amides is 1. The number of aliphatic hydroxyl groups excluding tert-OH is 2. The molecule has 256 valence electrons. The number of carboxylic acids is 1. The summed E-state index contributed by atoms with van der Waals surface area (Å²) in [5.41, 5.74) is 16.1. The summed E-state index contributed by atoms with van der Waals surface area (Å²) in [6, 6.07) is -6.79. The maximum atomic E-state index is 12.7. The normalized spacial score (nSPS) is 14.0. The SMILES string of the molecule is CCC[C@H](NC(=O)[C@H](CO)NC(=O)[C@@H](N)CCCCN)C(=O)NCC(=O)NCC(=O)N[C@@H](CO)C(=O)N[C@@H](CC(N)=O)C(=O)O. The fourth-order valence-corrected chi connectivity index (χ4v) is 3.59. The number of amides is 7. The molecule has 0 fully saturated rings. The van der Waals surface area contributed by atoms with Gasteiger partial charge in [0.2, 0.25) is 41.4 Å². The Morgan fingerprint density at radius 3 is 1.71 bits per heavy atom. The molecule has 0 spiro atoms. The van der Waals surface area contributed by atoms with E-state index in [1.54, 1.807) is 6.92 Å². The first-order valence-electron chi connectivity index (χ1n) is 14.1. The molecule has 20 nitrogen and oxygen atoms in total. The Hall–Kier alpha value is -4.40. The number of aliphatic carboxylic acids is 1. The van der Waals surface area contributed by atoms with Crippen LogP contribution in [0.4, 0.5) is 0 Å². The van der Waals surface area contributed by atoms with Gasteiger partial charge in [0.1, 0.15) is 24.2 Å². The molecule has 0 radical (unpaired) electrons. The molecular formula is C25H45N9O11. The molecule has 0 aromatic heterocycles. The average molecular weight is 648 g/mol. The van der Waals surface area contributed by atoms with Crippen LogP contribution in [0.15, 0.2) is 0 Å². The Kier molecular flexibility index (Phi) is 20.0. The third-order valence-electron chi connectivity index (χ3n) is 6.06. The van der Waals surface area contributed by atoms with Crippen molar-refractivity contribution in [2.45, 2.75) is 75.7 Å². The van der Waals surface area contributed by atoms with Gasteiger partial charge in [0, 0.05) is 0 Å². The van der Waals surface area contributed by atoms with Crippen LogP contribution in [-0.4, -0.2) is 126 Å². The second kappa shape index (κ2) is 22.2. The number of rotatable bonds is 23. The molecule has 0 aromatic rings. The van der Waals surface area contributed by atoms with Crippen molar-refractivity contribution in [2.75, 3.05) is 32.8 Å². The van der Waals surface area contributed by atoms with Crippen molar-refractivity contribution in [2.24, 2.45) is 17.2 Å². The smallest absolute Gasteiger partial charge is 0.326 e. The van der Waals surface area contributed by atoms with E-state index in [9.17, 15) is 48.6 Å². The molecule has 0 unspecified atom stereocenters. The maximum absolute atomic E-state index is 12.7. The van der Waals surface area contributed by atoms with Gasteiger partial charge in [-0.25, -0.2) is 4.79 Å². The van der Waals surface area contributed by atoms with E-state index in [-0.39, 0.29) is 6.42 Å². The zero-order chi connectivity index (χ0) is 34.5. The highest BCUT2D eigenvalue weighted by Gasteiger charge is 2.29. The Labute approximate surface area is 258 Å². The van der Waals surface area contributed by atoms with Crippen LogP contribution in [0.5, 0.6) is 0 Å². The highest BCUT2D eigenvalue weighted by Crippen LogP contribution is 2.01. The van der Waals surface area contributed by atoms with Gasteiger partial charge < -0.3 is 64.4 Å². The van der Waals surface area contributed by atoms with E-state index in [1.807, 2.05) is 5.32 Å². The van der Waals surface area contributed by atoms with Crippen molar-refractivity contribution in [1.82, 2.24) is 31.9 Å². The van der Waals surface area contributed by atoms with Gasteiger partial charge in [-0.2, -0.15) is 0 Å². The van der Waals surface area contributed by atoms with Crippen LogP contribution in [0.2, 0.25) is 0 Å². The quantitative estimate of drug-likeness (QED) is 0.0459. The summed E-state index contributed by atoms with van der Waals surface area (Å²) in [5, 5.41) is 41.2. The first kappa shape index (κ1) is 40.6. The number of unbranched alkanes of at least 4 members (excludes halogenated alkanes) is 1. The number of aliphatic hydroxyl groups is 2. The lowest BCUT2D eigenvalue weighted by Crippen LogP contribution is -2.57. The minimum Gasteiger partial charge on any atom is -0.480 e. The van der Waals surface area contributed by atoms with Gasteiger partial charge in [-0.15, -0.1) is 0 Å². The van der Waals surface area contributed by atoms with E-state index in [4.69, 9.17) is 22.3 Å². The van der Waals surface area contributed by atoms with Crippen molar-refractivity contribution < 1.29 is 53.7 Å². The Morgan fingerprint density at radius 2 is 1.20 bits per heavy atom. The van der Waals surface area contributed by atoms with E-state index >= 15 is 0 Å². The molecule has 45 heavy (non-hydrogen) atoms. The van der Waals surface area contributed by atoms with Crippen LogP contribution in [-0.2, 0) is 38.4 Å². The number of carbonyl (C=O) groups is 8.